The highest BCUT2D eigenvalue weighted by Crippen LogP contribution is 2.40. The van der Waals surface area contributed by atoms with E-state index in [1.165, 1.54) is 16.0 Å². The third kappa shape index (κ3) is 3.67. The number of morpholine rings is 1. The Labute approximate surface area is 130 Å². The summed E-state index contributed by atoms with van der Waals surface area (Å²) in [5, 5.41) is 3.77. The van der Waals surface area contributed by atoms with Gasteiger partial charge in [-0.2, -0.15) is 0 Å². The number of rotatable bonds is 4. The summed E-state index contributed by atoms with van der Waals surface area (Å²) in [4.78, 5) is 1.33. The normalized spacial score (nSPS) is 20.1. The van der Waals surface area contributed by atoms with Crippen LogP contribution in [0.3, 0.4) is 0 Å². The molecule has 2 aromatic carbocycles. The van der Waals surface area contributed by atoms with E-state index >= 15 is 0 Å². The van der Waals surface area contributed by atoms with Gasteiger partial charge in [0, 0.05) is 18.0 Å². The highest BCUT2D eigenvalue weighted by Gasteiger charge is 2.27. The van der Waals surface area contributed by atoms with Crippen molar-refractivity contribution < 1.29 is 4.74 Å². The average Bonchev–Trinajstić information content (AvgIpc) is 2.56. The minimum Gasteiger partial charge on any atom is -0.374 e. The Hall–Kier alpha value is -1.29. The number of thioether (sulfide) groups is 1. The fraction of sp³-hybridized carbons (Fsp3) is 0.333. The minimum atomic E-state index is 0.214. The summed E-state index contributed by atoms with van der Waals surface area (Å²) in [7, 11) is 0. The quantitative estimate of drug-likeness (QED) is 0.867. The van der Waals surface area contributed by atoms with Crippen LogP contribution in [0.4, 0.5) is 0 Å². The van der Waals surface area contributed by atoms with Crippen LogP contribution in [0.2, 0.25) is 0 Å². The number of hydrogen-bond acceptors (Lipinski definition) is 3. The number of benzene rings is 2. The van der Waals surface area contributed by atoms with Gasteiger partial charge in [-0.3, -0.25) is 0 Å². The molecule has 0 aromatic heterocycles. The summed E-state index contributed by atoms with van der Waals surface area (Å²) in [6.07, 6.45) is 0.214. The second kappa shape index (κ2) is 7.12. The zero-order valence-electron chi connectivity index (χ0n) is 12.3. The lowest BCUT2D eigenvalue weighted by atomic mass is 10.1. The molecule has 3 heteroatoms. The molecule has 0 aliphatic carbocycles. The first kappa shape index (κ1) is 14.6. The van der Waals surface area contributed by atoms with E-state index in [9.17, 15) is 0 Å². The predicted molar refractivity (Wildman–Crippen MR) is 88.8 cm³/mol. The van der Waals surface area contributed by atoms with Gasteiger partial charge in [0.15, 0.2) is 0 Å². The Bertz CT molecular complexity index is 566. The molecule has 1 unspecified atom stereocenters. The fourth-order valence-electron chi connectivity index (χ4n) is 2.61. The lowest BCUT2D eigenvalue weighted by molar-refractivity contribution is 0.0273. The smallest absolute Gasteiger partial charge is 0.0862 e. The Morgan fingerprint density at radius 2 is 1.86 bits per heavy atom. The number of nitrogens with one attached hydrogen (secondary N) is 1. The van der Waals surface area contributed by atoms with E-state index in [4.69, 9.17) is 4.74 Å². The number of hydrogen-bond donors (Lipinski definition) is 1. The molecule has 1 saturated heterocycles. The van der Waals surface area contributed by atoms with E-state index in [1.807, 2.05) is 11.8 Å². The minimum absolute atomic E-state index is 0.214. The zero-order valence-corrected chi connectivity index (χ0v) is 13.1. The van der Waals surface area contributed by atoms with Crippen molar-refractivity contribution in [3.8, 4) is 0 Å². The maximum atomic E-state index is 6.02. The summed E-state index contributed by atoms with van der Waals surface area (Å²) >= 11 is 1.91. The molecule has 1 aliphatic rings. The van der Waals surface area contributed by atoms with E-state index in [0.29, 0.717) is 5.25 Å². The molecule has 3 rings (SSSR count). The van der Waals surface area contributed by atoms with Gasteiger partial charge in [-0.25, -0.2) is 0 Å². The first-order valence-electron chi connectivity index (χ1n) is 7.44. The summed E-state index contributed by atoms with van der Waals surface area (Å²) in [5.41, 5.74) is 2.66. The van der Waals surface area contributed by atoms with Crippen molar-refractivity contribution in [1.82, 2.24) is 5.32 Å². The summed E-state index contributed by atoms with van der Waals surface area (Å²) < 4.78 is 6.02. The van der Waals surface area contributed by atoms with Gasteiger partial charge in [-0.1, -0.05) is 48.5 Å². The van der Waals surface area contributed by atoms with Gasteiger partial charge in [-0.05, 0) is 24.1 Å². The van der Waals surface area contributed by atoms with E-state index in [0.717, 1.165) is 19.7 Å². The van der Waals surface area contributed by atoms with Crippen LogP contribution in [-0.4, -0.2) is 25.8 Å². The molecule has 1 heterocycles. The number of aryl methyl sites for hydroxylation is 1. The predicted octanol–water partition coefficient (Wildman–Crippen LogP) is 3.82. The molecule has 0 radical (unpaired) electrons. The fourth-order valence-corrected chi connectivity index (χ4v) is 3.91. The SMILES string of the molecule is Cc1ccccc1SC(c1ccccc1)[C@H]1CNCCO1. The second-order valence-electron chi connectivity index (χ2n) is 5.33. The van der Waals surface area contributed by atoms with Crippen LogP contribution in [-0.2, 0) is 4.74 Å². The lowest BCUT2D eigenvalue weighted by Gasteiger charge is -2.31. The van der Waals surface area contributed by atoms with Gasteiger partial charge in [0.2, 0.25) is 0 Å². The van der Waals surface area contributed by atoms with Crippen molar-refractivity contribution in [3.05, 3.63) is 65.7 Å². The highest BCUT2D eigenvalue weighted by atomic mass is 32.2. The van der Waals surface area contributed by atoms with Crippen LogP contribution in [0, 0.1) is 6.92 Å². The average molecular weight is 299 g/mol. The van der Waals surface area contributed by atoms with Crippen LogP contribution in [0.5, 0.6) is 0 Å². The molecule has 0 bridgehead atoms. The molecule has 21 heavy (non-hydrogen) atoms. The zero-order chi connectivity index (χ0) is 14.5. The van der Waals surface area contributed by atoms with Crippen LogP contribution in [0.25, 0.3) is 0 Å². The Balaban J connectivity index is 1.87. The molecule has 0 saturated carbocycles. The van der Waals surface area contributed by atoms with Crippen LogP contribution < -0.4 is 5.32 Å². The van der Waals surface area contributed by atoms with E-state index in [-0.39, 0.29) is 6.10 Å². The first-order chi connectivity index (χ1) is 10.3. The maximum Gasteiger partial charge on any atom is 0.0862 e. The van der Waals surface area contributed by atoms with Crippen LogP contribution >= 0.6 is 11.8 Å². The first-order valence-corrected chi connectivity index (χ1v) is 8.32. The van der Waals surface area contributed by atoms with Gasteiger partial charge >= 0.3 is 0 Å². The standard InChI is InChI=1S/C18H21NOS/c1-14-7-5-6-10-17(14)21-18(15-8-3-2-4-9-15)16-13-19-11-12-20-16/h2-10,16,18-19H,11-13H2,1H3/t16-,18?/m1/s1. The molecule has 2 aromatic rings. The van der Waals surface area contributed by atoms with Crippen molar-refractivity contribution in [2.45, 2.75) is 23.2 Å². The van der Waals surface area contributed by atoms with Crippen molar-refractivity contribution in [2.75, 3.05) is 19.7 Å². The van der Waals surface area contributed by atoms with Gasteiger partial charge < -0.3 is 10.1 Å². The largest absolute Gasteiger partial charge is 0.374 e. The molecule has 2 atom stereocenters. The van der Waals surface area contributed by atoms with Gasteiger partial charge in [0.1, 0.15) is 0 Å². The molecular formula is C18H21NOS. The van der Waals surface area contributed by atoms with E-state index < -0.39 is 0 Å². The molecule has 1 N–H and O–H groups in total. The van der Waals surface area contributed by atoms with Gasteiger partial charge in [0.05, 0.1) is 18.0 Å². The Kier molecular flexibility index (Phi) is 4.96. The van der Waals surface area contributed by atoms with E-state index in [1.54, 1.807) is 0 Å². The van der Waals surface area contributed by atoms with Gasteiger partial charge in [-0.15, -0.1) is 11.8 Å². The Morgan fingerprint density at radius 3 is 2.57 bits per heavy atom. The summed E-state index contributed by atoms with van der Waals surface area (Å²) in [5.74, 6) is 0. The summed E-state index contributed by atoms with van der Waals surface area (Å²) in [6, 6.07) is 19.3. The van der Waals surface area contributed by atoms with Crippen molar-refractivity contribution in [2.24, 2.45) is 0 Å². The third-order valence-corrected chi connectivity index (χ3v) is 5.31. The monoisotopic (exact) mass is 299 g/mol. The summed E-state index contributed by atoms with van der Waals surface area (Å²) in [6.45, 7) is 4.83. The van der Waals surface area contributed by atoms with Crippen LogP contribution in [0.1, 0.15) is 16.4 Å². The Morgan fingerprint density at radius 1 is 1.10 bits per heavy atom. The van der Waals surface area contributed by atoms with E-state index in [2.05, 4.69) is 66.8 Å². The third-order valence-electron chi connectivity index (χ3n) is 3.77. The molecule has 1 fully saturated rings. The lowest BCUT2D eigenvalue weighted by Crippen LogP contribution is -2.41. The molecule has 1 aliphatic heterocycles. The molecule has 2 nitrogen and oxygen atoms in total. The molecule has 0 spiro atoms. The molecule has 110 valence electrons. The topological polar surface area (TPSA) is 21.3 Å². The maximum absolute atomic E-state index is 6.02. The molecule has 0 amide bonds. The van der Waals surface area contributed by atoms with Crippen molar-refractivity contribution >= 4 is 11.8 Å². The molecular weight excluding hydrogens is 278 g/mol. The van der Waals surface area contributed by atoms with Crippen molar-refractivity contribution in [3.63, 3.8) is 0 Å². The highest BCUT2D eigenvalue weighted by molar-refractivity contribution is 7.99. The van der Waals surface area contributed by atoms with Crippen LogP contribution in [0.15, 0.2) is 59.5 Å². The van der Waals surface area contributed by atoms with Gasteiger partial charge in [0.25, 0.3) is 0 Å². The number of ether oxygens (including phenoxy) is 1. The second-order valence-corrected chi connectivity index (χ2v) is 6.51. The van der Waals surface area contributed by atoms with Crippen molar-refractivity contribution in [1.29, 1.82) is 0 Å².